The van der Waals surface area contributed by atoms with E-state index in [0.717, 1.165) is 16.3 Å². The Morgan fingerprint density at radius 2 is 1.79 bits per heavy atom. The number of hydrogen-bond donors (Lipinski definition) is 3. The molecule has 7 heteroatoms. The summed E-state index contributed by atoms with van der Waals surface area (Å²) in [5.41, 5.74) is 0.0791. The Kier molecular flexibility index (Phi) is 7.73. The van der Waals surface area contributed by atoms with Crippen molar-refractivity contribution in [1.82, 2.24) is 5.32 Å². The van der Waals surface area contributed by atoms with Gasteiger partial charge in [-0.3, -0.25) is 0 Å². The molecule has 158 valence electrons. The van der Waals surface area contributed by atoms with Gasteiger partial charge in [-0.25, -0.2) is 4.79 Å². The van der Waals surface area contributed by atoms with Crippen LogP contribution in [0.1, 0.15) is 33.3 Å². The highest BCUT2D eigenvalue weighted by Gasteiger charge is 2.34. The summed E-state index contributed by atoms with van der Waals surface area (Å²) in [7, 11) is 0. The number of aldehydes is 1. The van der Waals surface area contributed by atoms with Crippen molar-refractivity contribution in [2.24, 2.45) is 0 Å². The Bertz CT molecular complexity index is 829. The number of amides is 1. The number of benzene rings is 2. The van der Waals surface area contributed by atoms with Crippen LogP contribution < -0.4 is 5.32 Å². The predicted octanol–water partition coefficient (Wildman–Crippen LogP) is 2.56. The van der Waals surface area contributed by atoms with Crippen LogP contribution in [0, 0.1) is 0 Å². The first-order valence-electron chi connectivity index (χ1n) is 9.51. The highest BCUT2D eigenvalue weighted by Crippen LogP contribution is 2.18. The Hall–Kier alpha value is -2.48. The number of rotatable bonds is 8. The van der Waals surface area contributed by atoms with Crippen molar-refractivity contribution < 1.29 is 29.3 Å². The number of fused-ring (bicyclic) bond motifs is 1. The Morgan fingerprint density at radius 1 is 1.14 bits per heavy atom. The van der Waals surface area contributed by atoms with Gasteiger partial charge in [-0.05, 0) is 50.1 Å². The second kappa shape index (κ2) is 9.82. The van der Waals surface area contributed by atoms with Crippen LogP contribution in [0.3, 0.4) is 0 Å². The molecule has 0 radical (unpaired) electrons. The third-order valence-corrected chi connectivity index (χ3v) is 4.27. The number of nitrogens with one attached hydrogen (secondary N) is 1. The van der Waals surface area contributed by atoms with E-state index in [0.29, 0.717) is 6.29 Å². The van der Waals surface area contributed by atoms with E-state index in [4.69, 9.17) is 9.47 Å². The summed E-state index contributed by atoms with van der Waals surface area (Å²) >= 11 is 0. The van der Waals surface area contributed by atoms with Gasteiger partial charge in [0.05, 0.1) is 12.7 Å². The molecule has 0 aromatic heterocycles. The second-order valence-corrected chi connectivity index (χ2v) is 8.00. The topological polar surface area (TPSA) is 105 Å². The number of ether oxygens (including phenoxy) is 2. The fourth-order valence-electron chi connectivity index (χ4n) is 2.85. The second-order valence-electron chi connectivity index (χ2n) is 8.00. The Morgan fingerprint density at radius 3 is 2.38 bits per heavy atom. The first kappa shape index (κ1) is 22.8. The van der Waals surface area contributed by atoms with Gasteiger partial charge in [0.2, 0.25) is 0 Å². The van der Waals surface area contributed by atoms with E-state index in [2.05, 4.69) is 5.32 Å². The minimum atomic E-state index is -1.39. The van der Waals surface area contributed by atoms with Crippen molar-refractivity contribution in [1.29, 1.82) is 0 Å². The fraction of sp³-hybridized carbons (Fsp3) is 0.455. The van der Waals surface area contributed by atoms with Gasteiger partial charge >= 0.3 is 6.09 Å². The molecule has 0 heterocycles. The third-order valence-electron chi connectivity index (χ3n) is 4.27. The van der Waals surface area contributed by atoms with Crippen molar-refractivity contribution >= 4 is 23.2 Å². The SMILES string of the molecule is C[C@@H](O)[C@H](O)[C@H](OCc1ccc2ccccc2c1)[C@H](C=O)NC(=O)OC(C)(C)C. The summed E-state index contributed by atoms with van der Waals surface area (Å²) < 4.78 is 10.9. The lowest BCUT2D eigenvalue weighted by Gasteiger charge is -2.30. The number of hydrogen-bond acceptors (Lipinski definition) is 6. The van der Waals surface area contributed by atoms with E-state index in [1.807, 2.05) is 42.5 Å². The minimum Gasteiger partial charge on any atom is -0.444 e. The van der Waals surface area contributed by atoms with Gasteiger partial charge in [0.1, 0.15) is 30.1 Å². The number of aliphatic hydroxyl groups is 2. The lowest BCUT2D eigenvalue weighted by Crippen LogP contribution is -2.54. The van der Waals surface area contributed by atoms with Gasteiger partial charge < -0.3 is 29.8 Å². The van der Waals surface area contributed by atoms with Gasteiger partial charge in [0, 0.05) is 0 Å². The van der Waals surface area contributed by atoms with E-state index in [1.165, 1.54) is 6.92 Å². The van der Waals surface area contributed by atoms with E-state index >= 15 is 0 Å². The maximum atomic E-state index is 12.1. The zero-order valence-electron chi connectivity index (χ0n) is 17.2. The summed E-state index contributed by atoms with van der Waals surface area (Å²) in [6, 6.07) is 12.4. The summed E-state index contributed by atoms with van der Waals surface area (Å²) in [6.07, 6.45) is -4.07. The largest absolute Gasteiger partial charge is 0.444 e. The summed E-state index contributed by atoms with van der Waals surface area (Å²) in [5, 5.41) is 24.7. The lowest BCUT2D eigenvalue weighted by molar-refractivity contribution is -0.127. The smallest absolute Gasteiger partial charge is 0.408 e. The fourth-order valence-corrected chi connectivity index (χ4v) is 2.85. The van der Waals surface area contributed by atoms with Crippen LogP contribution in [-0.2, 0) is 20.9 Å². The molecule has 1 amide bonds. The number of alkyl carbamates (subject to hydrolysis) is 1. The van der Waals surface area contributed by atoms with Crippen molar-refractivity contribution in [2.45, 2.75) is 64.3 Å². The maximum Gasteiger partial charge on any atom is 0.408 e. The van der Waals surface area contributed by atoms with Crippen LogP contribution >= 0.6 is 0 Å². The van der Waals surface area contributed by atoms with Crippen LogP contribution in [0.15, 0.2) is 42.5 Å². The molecule has 29 heavy (non-hydrogen) atoms. The standard InChI is InChI=1S/C22H29NO6/c1-14(25)19(26)20(18(12-24)23-21(27)29-22(2,3)4)28-13-15-9-10-16-7-5-6-8-17(16)11-15/h5-12,14,18-20,25-26H,13H2,1-4H3,(H,23,27)/t14-,18+,19+,20-/m1/s1. The highest BCUT2D eigenvalue weighted by atomic mass is 16.6. The van der Waals surface area contributed by atoms with Gasteiger partial charge in [0.15, 0.2) is 0 Å². The molecule has 3 N–H and O–H groups in total. The molecule has 0 saturated carbocycles. The predicted molar refractivity (Wildman–Crippen MR) is 109 cm³/mol. The van der Waals surface area contributed by atoms with Crippen molar-refractivity contribution in [3.8, 4) is 0 Å². The van der Waals surface area contributed by atoms with E-state index in [-0.39, 0.29) is 6.61 Å². The normalized spacial score (nSPS) is 15.9. The summed E-state index contributed by atoms with van der Waals surface area (Å²) in [6.45, 7) is 6.55. The molecule has 0 fully saturated rings. The molecule has 2 aromatic rings. The molecule has 0 aliphatic heterocycles. The number of aliphatic hydroxyl groups excluding tert-OH is 2. The first-order chi connectivity index (χ1) is 13.6. The van der Waals surface area contributed by atoms with Gasteiger partial charge in [-0.15, -0.1) is 0 Å². The van der Waals surface area contributed by atoms with Crippen LogP contribution in [0.25, 0.3) is 10.8 Å². The van der Waals surface area contributed by atoms with Crippen LogP contribution in [-0.4, -0.2) is 52.5 Å². The molecular weight excluding hydrogens is 374 g/mol. The zero-order valence-corrected chi connectivity index (χ0v) is 17.2. The number of carbonyl (C=O) groups is 2. The molecule has 0 aliphatic carbocycles. The molecule has 0 spiro atoms. The molecular formula is C22H29NO6. The van der Waals surface area contributed by atoms with Crippen molar-refractivity contribution in [2.75, 3.05) is 0 Å². The molecule has 0 aliphatic rings. The van der Waals surface area contributed by atoms with Crippen LogP contribution in [0.5, 0.6) is 0 Å². The van der Waals surface area contributed by atoms with Crippen molar-refractivity contribution in [3.05, 3.63) is 48.0 Å². The molecule has 7 nitrogen and oxygen atoms in total. The third kappa shape index (κ3) is 6.81. The molecule has 2 rings (SSSR count). The van der Waals surface area contributed by atoms with Crippen LogP contribution in [0.4, 0.5) is 4.79 Å². The summed E-state index contributed by atoms with van der Waals surface area (Å²) in [4.78, 5) is 23.7. The van der Waals surface area contributed by atoms with E-state index in [9.17, 15) is 19.8 Å². The van der Waals surface area contributed by atoms with Crippen molar-refractivity contribution in [3.63, 3.8) is 0 Å². The number of carbonyl (C=O) groups excluding carboxylic acids is 2. The first-order valence-corrected chi connectivity index (χ1v) is 9.51. The molecule has 0 bridgehead atoms. The van der Waals surface area contributed by atoms with Gasteiger partial charge in [-0.1, -0.05) is 36.4 Å². The average molecular weight is 403 g/mol. The lowest BCUT2D eigenvalue weighted by atomic mass is 10.0. The average Bonchev–Trinajstić information content (AvgIpc) is 2.65. The molecule has 2 aromatic carbocycles. The van der Waals surface area contributed by atoms with E-state index < -0.39 is 36.0 Å². The molecule has 4 atom stereocenters. The maximum absolute atomic E-state index is 12.1. The molecule has 0 unspecified atom stereocenters. The monoisotopic (exact) mass is 403 g/mol. The quantitative estimate of drug-likeness (QED) is 0.585. The zero-order chi connectivity index (χ0) is 21.6. The highest BCUT2D eigenvalue weighted by molar-refractivity contribution is 5.83. The Labute approximate surface area is 170 Å². The molecule has 0 saturated heterocycles. The Balaban J connectivity index is 2.15. The summed E-state index contributed by atoms with van der Waals surface area (Å²) in [5.74, 6) is 0. The minimum absolute atomic E-state index is 0.0830. The van der Waals surface area contributed by atoms with Crippen LogP contribution in [0.2, 0.25) is 0 Å². The van der Waals surface area contributed by atoms with Gasteiger partial charge in [-0.2, -0.15) is 0 Å². The van der Waals surface area contributed by atoms with Gasteiger partial charge in [0.25, 0.3) is 0 Å². The van der Waals surface area contributed by atoms with E-state index in [1.54, 1.807) is 20.8 Å².